The second-order valence-corrected chi connectivity index (χ2v) is 3.29. The van der Waals surface area contributed by atoms with E-state index < -0.39 is 5.97 Å². The van der Waals surface area contributed by atoms with Crippen LogP contribution in [0.3, 0.4) is 0 Å². The average molecular weight is 207 g/mol. The highest BCUT2D eigenvalue weighted by Gasteiger charge is 2.04. The van der Waals surface area contributed by atoms with Crippen LogP contribution in [-0.4, -0.2) is 15.6 Å². The molecule has 0 saturated heterocycles. The molecule has 80 valence electrons. The van der Waals surface area contributed by atoms with E-state index in [9.17, 15) is 9.59 Å². The van der Waals surface area contributed by atoms with E-state index in [0.29, 0.717) is 6.54 Å². The number of carbonyl (C=O) groups is 1. The van der Waals surface area contributed by atoms with Gasteiger partial charge < -0.3 is 9.67 Å². The van der Waals surface area contributed by atoms with Crippen molar-refractivity contribution in [2.24, 2.45) is 0 Å². The number of rotatable bonds is 4. The lowest BCUT2D eigenvalue weighted by Gasteiger charge is -2.06. The van der Waals surface area contributed by atoms with Gasteiger partial charge in [0.15, 0.2) is 0 Å². The second kappa shape index (κ2) is 4.59. The molecule has 15 heavy (non-hydrogen) atoms. The first-order chi connectivity index (χ1) is 7.04. The summed E-state index contributed by atoms with van der Waals surface area (Å²) in [6, 6.07) is 2.53. The van der Waals surface area contributed by atoms with Gasteiger partial charge in [0, 0.05) is 18.8 Å². The lowest BCUT2D eigenvalue weighted by Crippen LogP contribution is -2.20. The van der Waals surface area contributed by atoms with Crippen molar-refractivity contribution in [1.82, 2.24) is 4.57 Å². The van der Waals surface area contributed by atoms with Gasteiger partial charge in [0.1, 0.15) is 0 Å². The van der Waals surface area contributed by atoms with Gasteiger partial charge in [-0.15, -0.1) is 0 Å². The van der Waals surface area contributed by atoms with E-state index in [1.807, 2.05) is 6.92 Å². The van der Waals surface area contributed by atoms with Crippen LogP contribution in [-0.2, 0) is 6.54 Å². The van der Waals surface area contributed by atoms with Crippen LogP contribution in [0.4, 0.5) is 0 Å². The zero-order valence-electron chi connectivity index (χ0n) is 8.56. The Bertz CT molecular complexity index is 445. The Balaban J connectivity index is 2.99. The Morgan fingerprint density at radius 3 is 2.73 bits per heavy atom. The molecule has 0 atom stereocenters. The number of aromatic nitrogens is 1. The monoisotopic (exact) mass is 207 g/mol. The third kappa shape index (κ3) is 2.80. The van der Waals surface area contributed by atoms with Crippen LogP contribution in [0.25, 0.3) is 0 Å². The lowest BCUT2D eigenvalue weighted by atomic mass is 10.2. The maximum absolute atomic E-state index is 11.5. The van der Waals surface area contributed by atoms with Crippen LogP contribution in [0.5, 0.6) is 0 Å². The van der Waals surface area contributed by atoms with E-state index in [1.165, 1.54) is 16.8 Å². The third-order valence-electron chi connectivity index (χ3n) is 2.14. The van der Waals surface area contributed by atoms with Gasteiger partial charge in [0.05, 0.1) is 5.56 Å². The van der Waals surface area contributed by atoms with E-state index in [0.717, 1.165) is 18.1 Å². The summed E-state index contributed by atoms with van der Waals surface area (Å²) < 4.78 is 1.44. The third-order valence-corrected chi connectivity index (χ3v) is 2.14. The predicted molar refractivity (Wildman–Crippen MR) is 57.1 cm³/mol. The molecule has 1 aromatic rings. The molecule has 1 aromatic heterocycles. The number of carboxylic acid groups (broad SMARTS) is 1. The fraction of sp³-hybridized carbons (Fsp3) is 0.273. The molecule has 0 amide bonds. The van der Waals surface area contributed by atoms with Gasteiger partial charge in [-0.2, -0.15) is 0 Å². The highest BCUT2D eigenvalue weighted by atomic mass is 16.4. The zero-order chi connectivity index (χ0) is 11.4. The first kappa shape index (κ1) is 11.2. The Morgan fingerprint density at radius 2 is 2.27 bits per heavy atom. The molecule has 0 aliphatic carbocycles. The van der Waals surface area contributed by atoms with Crippen molar-refractivity contribution in [2.75, 3.05) is 0 Å². The van der Waals surface area contributed by atoms with Gasteiger partial charge >= 0.3 is 5.97 Å². The van der Waals surface area contributed by atoms with Crippen molar-refractivity contribution in [1.29, 1.82) is 0 Å². The Morgan fingerprint density at radius 1 is 1.60 bits per heavy atom. The summed E-state index contributed by atoms with van der Waals surface area (Å²) in [6.07, 6.45) is 2.28. The predicted octanol–water partition coefficient (Wildman–Crippen LogP) is 1.51. The van der Waals surface area contributed by atoms with Crippen LogP contribution >= 0.6 is 0 Å². The fourth-order valence-electron chi connectivity index (χ4n) is 1.12. The van der Waals surface area contributed by atoms with E-state index >= 15 is 0 Å². The highest BCUT2D eigenvalue weighted by molar-refractivity contribution is 5.87. The topological polar surface area (TPSA) is 59.3 Å². The molecule has 0 aliphatic heterocycles. The maximum atomic E-state index is 11.5. The molecule has 0 fully saturated rings. The molecule has 0 bridgehead atoms. The van der Waals surface area contributed by atoms with Gasteiger partial charge in [0.25, 0.3) is 5.56 Å². The van der Waals surface area contributed by atoms with Gasteiger partial charge in [-0.05, 0) is 12.5 Å². The molecule has 0 aliphatic rings. The first-order valence-electron chi connectivity index (χ1n) is 4.65. The average Bonchev–Trinajstić information content (AvgIpc) is 2.20. The minimum Gasteiger partial charge on any atom is -0.478 e. The Kier molecular flexibility index (Phi) is 3.44. The molecule has 4 nitrogen and oxygen atoms in total. The van der Waals surface area contributed by atoms with Crippen LogP contribution in [0.2, 0.25) is 0 Å². The minimum atomic E-state index is -1.09. The maximum Gasteiger partial charge on any atom is 0.335 e. The molecular formula is C11H13NO3. The summed E-state index contributed by atoms with van der Waals surface area (Å²) in [5.41, 5.74) is 0.628. The van der Waals surface area contributed by atoms with Gasteiger partial charge in [0.2, 0.25) is 0 Å². The van der Waals surface area contributed by atoms with E-state index in [4.69, 9.17) is 5.11 Å². The summed E-state index contributed by atoms with van der Waals surface area (Å²) >= 11 is 0. The molecule has 0 unspecified atom stereocenters. The van der Waals surface area contributed by atoms with E-state index in [-0.39, 0.29) is 11.1 Å². The molecule has 0 spiro atoms. The van der Waals surface area contributed by atoms with Crippen LogP contribution in [0.15, 0.2) is 35.3 Å². The smallest absolute Gasteiger partial charge is 0.335 e. The van der Waals surface area contributed by atoms with Crippen LogP contribution in [0.1, 0.15) is 23.7 Å². The standard InChI is InChI=1S/C11H13NO3/c1-3-8(2)7-12-5-4-9(11(14)15)6-10(12)13/h4-6H,2-3,7H2,1H3,(H,14,15). The van der Waals surface area contributed by atoms with Crippen molar-refractivity contribution < 1.29 is 9.90 Å². The molecule has 1 rings (SSSR count). The van der Waals surface area contributed by atoms with Crippen molar-refractivity contribution in [3.63, 3.8) is 0 Å². The van der Waals surface area contributed by atoms with Crippen molar-refractivity contribution >= 4 is 5.97 Å². The van der Waals surface area contributed by atoms with Crippen molar-refractivity contribution in [3.8, 4) is 0 Å². The fourth-order valence-corrected chi connectivity index (χ4v) is 1.12. The first-order valence-corrected chi connectivity index (χ1v) is 4.65. The molecule has 0 saturated carbocycles. The van der Waals surface area contributed by atoms with Crippen molar-refractivity contribution in [3.05, 3.63) is 46.4 Å². The highest BCUT2D eigenvalue weighted by Crippen LogP contribution is 2.01. The van der Waals surface area contributed by atoms with Crippen molar-refractivity contribution in [2.45, 2.75) is 19.9 Å². The number of pyridine rings is 1. The molecule has 1 N–H and O–H groups in total. The quantitative estimate of drug-likeness (QED) is 0.761. The zero-order valence-corrected chi connectivity index (χ0v) is 8.56. The second-order valence-electron chi connectivity index (χ2n) is 3.29. The van der Waals surface area contributed by atoms with Gasteiger partial charge in [-0.25, -0.2) is 4.79 Å². The molecule has 0 radical (unpaired) electrons. The van der Waals surface area contributed by atoms with E-state index in [2.05, 4.69) is 6.58 Å². The summed E-state index contributed by atoms with van der Waals surface area (Å²) in [5.74, 6) is -1.09. The number of carboxylic acids is 1. The minimum absolute atomic E-state index is 0.0124. The molecule has 0 aromatic carbocycles. The molecule has 1 heterocycles. The molecular weight excluding hydrogens is 194 g/mol. The number of nitrogens with zero attached hydrogens (tertiary/aromatic N) is 1. The number of hydrogen-bond acceptors (Lipinski definition) is 2. The van der Waals surface area contributed by atoms with Crippen LogP contribution in [0, 0.1) is 0 Å². The Labute approximate surface area is 87.5 Å². The largest absolute Gasteiger partial charge is 0.478 e. The van der Waals surface area contributed by atoms with Gasteiger partial charge in [-0.1, -0.05) is 19.1 Å². The SMILES string of the molecule is C=C(CC)Cn1ccc(C(=O)O)cc1=O. The summed E-state index contributed by atoms with van der Waals surface area (Å²) in [4.78, 5) is 22.0. The molecule has 4 heteroatoms. The number of allylic oxidation sites excluding steroid dienone is 1. The van der Waals surface area contributed by atoms with Gasteiger partial charge in [-0.3, -0.25) is 4.79 Å². The van der Waals surface area contributed by atoms with Crippen LogP contribution < -0.4 is 5.56 Å². The summed E-state index contributed by atoms with van der Waals surface area (Å²) in [7, 11) is 0. The normalized spacial score (nSPS) is 9.93. The number of hydrogen-bond donors (Lipinski definition) is 1. The summed E-state index contributed by atoms with van der Waals surface area (Å²) in [6.45, 7) is 6.19. The summed E-state index contributed by atoms with van der Waals surface area (Å²) in [5, 5.41) is 8.66. The lowest BCUT2D eigenvalue weighted by molar-refractivity contribution is 0.0696. The number of aromatic carboxylic acids is 1. The Hall–Kier alpha value is -1.84. The van der Waals surface area contributed by atoms with E-state index in [1.54, 1.807) is 0 Å².